The molecule has 1 fully saturated rings. The average Bonchev–Trinajstić information content (AvgIpc) is 2.74. The number of hydrogen-bond acceptors (Lipinski definition) is 2. The van der Waals surface area contributed by atoms with Crippen molar-refractivity contribution in [3.63, 3.8) is 0 Å². The molecule has 1 aromatic carbocycles. The summed E-state index contributed by atoms with van der Waals surface area (Å²) in [7, 11) is 0. The van der Waals surface area contributed by atoms with E-state index in [1.807, 2.05) is 12.1 Å². The summed E-state index contributed by atoms with van der Waals surface area (Å²) in [5.74, 6) is 1.77. The molecule has 20 heavy (non-hydrogen) atoms. The van der Waals surface area contributed by atoms with Crippen molar-refractivity contribution in [3.8, 4) is 0 Å². The van der Waals surface area contributed by atoms with Crippen molar-refractivity contribution in [1.82, 2.24) is 5.32 Å². The van der Waals surface area contributed by atoms with E-state index >= 15 is 0 Å². The molecule has 1 heterocycles. The predicted molar refractivity (Wildman–Crippen MR) is 83.7 cm³/mol. The second-order valence-corrected chi connectivity index (χ2v) is 7.31. The summed E-state index contributed by atoms with van der Waals surface area (Å²) in [4.78, 5) is 0. The summed E-state index contributed by atoms with van der Waals surface area (Å²) in [5, 5.41) is 4.82. The molecule has 108 valence electrons. The molecular formula is C18H25NO. The highest BCUT2D eigenvalue weighted by Crippen LogP contribution is 2.68. The van der Waals surface area contributed by atoms with Crippen LogP contribution >= 0.6 is 0 Å². The fourth-order valence-electron chi connectivity index (χ4n) is 3.45. The summed E-state index contributed by atoms with van der Waals surface area (Å²) in [6.45, 7) is 12.7. The van der Waals surface area contributed by atoms with Crippen LogP contribution in [0.1, 0.15) is 46.4 Å². The Morgan fingerprint density at radius 2 is 1.80 bits per heavy atom. The maximum atomic E-state index is 5.92. The van der Waals surface area contributed by atoms with E-state index in [2.05, 4.69) is 58.1 Å². The Bertz CT molecular complexity index is 576. The molecular weight excluding hydrogens is 246 g/mol. The Hall–Kier alpha value is -1.28. The topological polar surface area (TPSA) is 25.2 Å². The van der Waals surface area contributed by atoms with Crippen molar-refractivity contribution < 1.29 is 4.42 Å². The highest BCUT2D eigenvalue weighted by atomic mass is 16.3. The standard InChI is InChI=1S/C18H25NO/c1-12(19-11-16-17(2,3)18(16,4)5)15-10-13-8-6-7-9-14(13)20-15/h6-10,12,16,19H,11H2,1-5H3. The lowest BCUT2D eigenvalue weighted by Gasteiger charge is -2.12. The highest BCUT2D eigenvalue weighted by Gasteiger charge is 2.63. The number of hydrogen-bond donors (Lipinski definition) is 1. The zero-order valence-electron chi connectivity index (χ0n) is 13.2. The van der Waals surface area contributed by atoms with Crippen molar-refractivity contribution in [2.24, 2.45) is 16.7 Å². The van der Waals surface area contributed by atoms with Crippen molar-refractivity contribution in [2.75, 3.05) is 6.54 Å². The predicted octanol–water partition coefficient (Wildman–Crippen LogP) is 4.77. The Morgan fingerprint density at radius 1 is 1.15 bits per heavy atom. The van der Waals surface area contributed by atoms with E-state index < -0.39 is 0 Å². The van der Waals surface area contributed by atoms with Gasteiger partial charge in [-0.1, -0.05) is 45.9 Å². The molecule has 0 amide bonds. The average molecular weight is 271 g/mol. The molecule has 3 rings (SSSR count). The van der Waals surface area contributed by atoms with Crippen molar-refractivity contribution in [3.05, 3.63) is 36.1 Å². The fourth-order valence-corrected chi connectivity index (χ4v) is 3.45. The minimum atomic E-state index is 0.259. The Balaban J connectivity index is 1.67. The number of furan rings is 1. The summed E-state index contributed by atoms with van der Waals surface area (Å²) in [5.41, 5.74) is 1.85. The molecule has 2 nitrogen and oxygen atoms in total. The molecule has 2 heteroatoms. The number of rotatable bonds is 4. The summed E-state index contributed by atoms with van der Waals surface area (Å²) >= 11 is 0. The van der Waals surface area contributed by atoms with Crippen LogP contribution in [0.15, 0.2) is 34.7 Å². The van der Waals surface area contributed by atoms with Crippen LogP contribution in [0.5, 0.6) is 0 Å². The van der Waals surface area contributed by atoms with Crippen LogP contribution in [-0.4, -0.2) is 6.54 Å². The molecule has 2 aromatic rings. The zero-order valence-corrected chi connectivity index (χ0v) is 13.2. The van der Waals surface area contributed by atoms with Gasteiger partial charge in [-0.25, -0.2) is 0 Å². The highest BCUT2D eigenvalue weighted by molar-refractivity contribution is 5.77. The van der Waals surface area contributed by atoms with Gasteiger partial charge in [-0.05, 0) is 42.3 Å². The van der Waals surface area contributed by atoms with Gasteiger partial charge < -0.3 is 9.73 Å². The monoisotopic (exact) mass is 271 g/mol. The SMILES string of the molecule is CC(NCC1C(C)(C)C1(C)C)c1cc2ccccc2o1. The Morgan fingerprint density at radius 3 is 2.40 bits per heavy atom. The van der Waals surface area contributed by atoms with E-state index in [9.17, 15) is 0 Å². The van der Waals surface area contributed by atoms with Gasteiger partial charge in [0.15, 0.2) is 0 Å². The first-order valence-electron chi connectivity index (χ1n) is 7.56. The van der Waals surface area contributed by atoms with Gasteiger partial charge >= 0.3 is 0 Å². The summed E-state index contributed by atoms with van der Waals surface area (Å²) in [6, 6.07) is 10.6. The smallest absolute Gasteiger partial charge is 0.134 e. The maximum Gasteiger partial charge on any atom is 0.134 e. The molecule has 1 atom stereocenters. The molecule has 0 radical (unpaired) electrons. The number of benzene rings is 1. The normalized spacial score (nSPS) is 22.1. The van der Waals surface area contributed by atoms with Gasteiger partial charge in [-0.15, -0.1) is 0 Å². The van der Waals surface area contributed by atoms with Crippen LogP contribution in [0.3, 0.4) is 0 Å². The second-order valence-electron chi connectivity index (χ2n) is 7.31. The minimum absolute atomic E-state index is 0.259. The number of fused-ring (bicyclic) bond motifs is 1. The molecule has 1 saturated carbocycles. The van der Waals surface area contributed by atoms with E-state index in [1.54, 1.807) is 0 Å². The van der Waals surface area contributed by atoms with Gasteiger partial charge in [-0.2, -0.15) is 0 Å². The fraction of sp³-hybridized carbons (Fsp3) is 0.556. The Kier molecular flexibility index (Phi) is 2.98. The molecule has 0 spiro atoms. The van der Waals surface area contributed by atoms with Crippen LogP contribution in [-0.2, 0) is 0 Å². The van der Waals surface area contributed by atoms with Crippen LogP contribution in [0.2, 0.25) is 0 Å². The van der Waals surface area contributed by atoms with Gasteiger partial charge in [0.2, 0.25) is 0 Å². The lowest BCUT2D eigenvalue weighted by atomic mass is 10.0. The number of para-hydroxylation sites is 1. The molecule has 0 aliphatic heterocycles. The third-order valence-corrected chi connectivity index (χ3v) is 5.82. The molecule has 0 bridgehead atoms. The third-order valence-electron chi connectivity index (χ3n) is 5.82. The van der Waals surface area contributed by atoms with E-state index in [0.29, 0.717) is 10.8 Å². The van der Waals surface area contributed by atoms with Crippen molar-refractivity contribution in [1.29, 1.82) is 0 Å². The van der Waals surface area contributed by atoms with E-state index in [4.69, 9.17) is 4.42 Å². The van der Waals surface area contributed by atoms with Crippen molar-refractivity contribution in [2.45, 2.75) is 40.7 Å². The first kappa shape index (κ1) is 13.7. The van der Waals surface area contributed by atoms with Crippen LogP contribution in [0.25, 0.3) is 11.0 Å². The minimum Gasteiger partial charge on any atom is -0.459 e. The van der Waals surface area contributed by atoms with Gasteiger partial charge in [0.25, 0.3) is 0 Å². The maximum absolute atomic E-state index is 5.92. The van der Waals surface area contributed by atoms with Gasteiger partial charge in [0, 0.05) is 5.39 Å². The van der Waals surface area contributed by atoms with Crippen LogP contribution in [0.4, 0.5) is 0 Å². The third kappa shape index (κ3) is 1.98. The van der Waals surface area contributed by atoms with E-state index in [1.165, 1.54) is 5.39 Å². The van der Waals surface area contributed by atoms with Gasteiger partial charge in [-0.3, -0.25) is 0 Å². The zero-order chi connectivity index (χ0) is 14.5. The van der Waals surface area contributed by atoms with Crippen molar-refractivity contribution >= 4 is 11.0 Å². The first-order chi connectivity index (χ1) is 9.34. The van der Waals surface area contributed by atoms with Crippen LogP contribution in [0, 0.1) is 16.7 Å². The lowest BCUT2D eigenvalue weighted by Crippen LogP contribution is -2.22. The van der Waals surface area contributed by atoms with Gasteiger partial charge in [0.05, 0.1) is 6.04 Å². The van der Waals surface area contributed by atoms with Crippen LogP contribution < -0.4 is 5.32 Å². The Labute approximate surface area is 121 Å². The lowest BCUT2D eigenvalue weighted by molar-refractivity contribution is 0.425. The largest absolute Gasteiger partial charge is 0.459 e. The molecule has 0 saturated heterocycles. The summed E-state index contributed by atoms with van der Waals surface area (Å²) in [6.07, 6.45) is 0. The van der Waals surface area contributed by atoms with E-state index in [0.717, 1.165) is 23.8 Å². The molecule has 1 aliphatic carbocycles. The molecule has 1 aromatic heterocycles. The second kappa shape index (κ2) is 4.36. The van der Waals surface area contributed by atoms with E-state index in [-0.39, 0.29) is 6.04 Å². The van der Waals surface area contributed by atoms with Gasteiger partial charge in [0.1, 0.15) is 11.3 Å². The number of nitrogens with one attached hydrogen (secondary N) is 1. The molecule has 1 aliphatic rings. The quantitative estimate of drug-likeness (QED) is 0.867. The molecule has 1 unspecified atom stereocenters. The molecule has 1 N–H and O–H groups in total. The summed E-state index contributed by atoms with van der Waals surface area (Å²) < 4.78 is 5.92. The first-order valence-corrected chi connectivity index (χ1v) is 7.56.